The molecule has 1 aromatic rings. The standard InChI is InChI=1S/C15H17NO3/c1-11(17)13-9-15(16-10-13,14(18)19-2)8-12-6-4-3-5-7-12/h3-7,10,16H,8-9H2,1-2H3. The molecule has 4 nitrogen and oxygen atoms in total. The zero-order valence-corrected chi connectivity index (χ0v) is 11.1. The van der Waals surface area contributed by atoms with Crippen molar-refractivity contribution in [2.45, 2.75) is 25.3 Å². The van der Waals surface area contributed by atoms with Crippen molar-refractivity contribution in [2.75, 3.05) is 7.11 Å². The lowest BCUT2D eigenvalue weighted by Gasteiger charge is -2.27. The first-order valence-corrected chi connectivity index (χ1v) is 6.17. The number of rotatable bonds is 4. The van der Waals surface area contributed by atoms with Gasteiger partial charge in [0.05, 0.1) is 7.11 Å². The number of ether oxygens (including phenoxy) is 1. The highest BCUT2D eigenvalue weighted by atomic mass is 16.5. The van der Waals surface area contributed by atoms with E-state index in [1.807, 2.05) is 30.3 Å². The van der Waals surface area contributed by atoms with E-state index in [1.54, 1.807) is 6.20 Å². The third-order valence-corrected chi connectivity index (χ3v) is 3.39. The highest BCUT2D eigenvalue weighted by Gasteiger charge is 2.43. The van der Waals surface area contributed by atoms with Gasteiger partial charge in [-0.15, -0.1) is 0 Å². The first kappa shape index (κ1) is 13.3. The van der Waals surface area contributed by atoms with Crippen LogP contribution in [0.3, 0.4) is 0 Å². The molecule has 2 rings (SSSR count). The molecule has 1 unspecified atom stereocenters. The smallest absolute Gasteiger partial charge is 0.332 e. The van der Waals surface area contributed by atoms with Crippen LogP contribution >= 0.6 is 0 Å². The van der Waals surface area contributed by atoms with Crippen LogP contribution in [0.5, 0.6) is 0 Å². The summed E-state index contributed by atoms with van der Waals surface area (Å²) in [5.74, 6) is -0.366. The minimum atomic E-state index is -0.864. The minimum absolute atomic E-state index is 0.0219. The monoisotopic (exact) mass is 259 g/mol. The van der Waals surface area contributed by atoms with Crippen LogP contribution in [-0.2, 0) is 20.7 Å². The Morgan fingerprint density at radius 3 is 2.53 bits per heavy atom. The summed E-state index contributed by atoms with van der Waals surface area (Å²) in [5.41, 5.74) is 0.789. The average molecular weight is 259 g/mol. The first-order valence-electron chi connectivity index (χ1n) is 6.17. The minimum Gasteiger partial charge on any atom is -0.467 e. The fourth-order valence-electron chi connectivity index (χ4n) is 2.34. The Hall–Kier alpha value is -2.10. The summed E-state index contributed by atoms with van der Waals surface area (Å²) in [6, 6.07) is 9.69. The highest BCUT2D eigenvalue weighted by molar-refractivity contribution is 5.96. The van der Waals surface area contributed by atoms with Gasteiger partial charge in [-0.1, -0.05) is 30.3 Å². The fraction of sp³-hybridized carbons (Fsp3) is 0.333. The van der Waals surface area contributed by atoms with Crippen molar-refractivity contribution in [3.63, 3.8) is 0 Å². The molecule has 0 amide bonds. The molecule has 4 heteroatoms. The summed E-state index contributed by atoms with van der Waals surface area (Å²) in [7, 11) is 1.36. The molecule has 1 atom stereocenters. The molecule has 0 bridgehead atoms. The summed E-state index contributed by atoms with van der Waals surface area (Å²) < 4.78 is 4.89. The SMILES string of the molecule is COC(=O)C1(Cc2ccccc2)CC(C(C)=O)=CN1. The van der Waals surface area contributed by atoms with Crippen LogP contribution in [0.15, 0.2) is 42.1 Å². The van der Waals surface area contributed by atoms with E-state index in [0.717, 1.165) is 5.56 Å². The molecule has 1 heterocycles. The molecule has 0 fully saturated rings. The van der Waals surface area contributed by atoms with E-state index in [9.17, 15) is 9.59 Å². The van der Waals surface area contributed by atoms with Crippen molar-refractivity contribution in [2.24, 2.45) is 0 Å². The molecule has 1 aliphatic rings. The van der Waals surface area contributed by atoms with Crippen molar-refractivity contribution < 1.29 is 14.3 Å². The second kappa shape index (κ2) is 5.26. The summed E-state index contributed by atoms with van der Waals surface area (Å²) in [6.45, 7) is 1.50. The Bertz CT molecular complexity index is 521. The molecule has 100 valence electrons. The Morgan fingerprint density at radius 1 is 1.32 bits per heavy atom. The Balaban J connectivity index is 2.24. The molecule has 0 aromatic heterocycles. The number of Topliss-reactive ketones (excluding diaryl/α,β-unsaturated/α-hetero) is 1. The van der Waals surface area contributed by atoms with Crippen LogP contribution in [0.4, 0.5) is 0 Å². The van der Waals surface area contributed by atoms with Gasteiger partial charge in [-0.2, -0.15) is 0 Å². The number of benzene rings is 1. The van der Waals surface area contributed by atoms with Gasteiger partial charge in [0.25, 0.3) is 0 Å². The van der Waals surface area contributed by atoms with Crippen molar-refractivity contribution in [1.29, 1.82) is 0 Å². The molecule has 1 N–H and O–H groups in total. The van der Waals surface area contributed by atoms with Gasteiger partial charge in [-0.05, 0) is 12.5 Å². The van der Waals surface area contributed by atoms with Crippen molar-refractivity contribution in [1.82, 2.24) is 5.32 Å². The number of esters is 1. The maximum Gasteiger partial charge on any atom is 0.332 e. The molecular formula is C15H17NO3. The van der Waals surface area contributed by atoms with Gasteiger partial charge < -0.3 is 10.1 Å². The quantitative estimate of drug-likeness (QED) is 0.835. The third kappa shape index (κ3) is 2.67. The van der Waals surface area contributed by atoms with E-state index in [1.165, 1.54) is 14.0 Å². The number of methoxy groups -OCH3 is 1. The van der Waals surface area contributed by atoms with Crippen LogP contribution in [0.1, 0.15) is 18.9 Å². The van der Waals surface area contributed by atoms with Gasteiger partial charge in [0, 0.05) is 24.6 Å². The average Bonchev–Trinajstić information content (AvgIpc) is 2.84. The number of nitrogens with one attached hydrogen (secondary N) is 1. The second-order valence-corrected chi connectivity index (χ2v) is 4.78. The van der Waals surface area contributed by atoms with E-state index >= 15 is 0 Å². The molecule has 0 radical (unpaired) electrons. The van der Waals surface area contributed by atoms with E-state index in [4.69, 9.17) is 4.74 Å². The predicted octanol–water partition coefficient (Wildman–Crippen LogP) is 1.61. The molecule has 0 spiro atoms. The maximum atomic E-state index is 12.1. The zero-order chi connectivity index (χ0) is 13.9. The fourth-order valence-corrected chi connectivity index (χ4v) is 2.34. The number of carbonyl (C=O) groups is 2. The van der Waals surface area contributed by atoms with Gasteiger partial charge in [-0.3, -0.25) is 4.79 Å². The van der Waals surface area contributed by atoms with Gasteiger partial charge in [-0.25, -0.2) is 4.79 Å². The van der Waals surface area contributed by atoms with Crippen LogP contribution in [0.2, 0.25) is 0 Å². The predicted molar refractivity (Wildman–Crippen MR) is 71.4 cm³/mol. The largest absolute Gasteiger partial charge is 0.467 e. The summed E-state index contributed by atoms with van der Waals surface area (Å²) >= 11 is 0. The lowest BCUT2D eigenvalue weighted by Crippen LogP contribution is -2.49. The van der Waals surface area contributed by atoms with E-state index in [0.29, 0.717) is 18.4 Å². The molecular weight excluding hydrogens is 242 g/mol. The Kier molecular flexibility index (Phi) is 3.69. The van der Waals surface area contributed by atoms with Crippen molar-refractivity contribution in [3.05, 3.63) is 47.7 Å². The van der Waals surface area contributed by atoms with Crippen LogP contribution in [-0.4, -0.2) is 24.4 Å². The highest BCUT2D eigenvalue weighted by Crippen LogP contribution is 2.28. The normalized spacial score (nSPS) is 21.5. The van der Waals surface area contributed by atoms with E-state index in [2.05, 4.69) is 5.32 Å². The zero-order valence-electron chi connectivity index (χ0n) is 11.1. The molecule has 0 saturated heterocycles. The van der Waals surface area contributed by atoms with Gasteiger partial charge in [0.15, 0.2) is 5.78 Å². The molecule has 0 saturated carbocycles. The Morgan fingerprint density at radius 2 is 2.00 bits per heavy atom. The number of hydrogen-bond acceptors (Lipinski definition) is 4. The van der Waals surface area contributed by atoms with Crippen molar-refractivity contribution >= 4 is 11.8 Å². The summed E-state index contributed by atoms with van der Waals surface area (Å²) in [4.78, 5) is 23.5. The van der Waals surface area contributed by atoms with Crippen LogP contribution in [0, 0.1) is 0 Å². The third-order valence-electron chi connectivity index (χ3n) is 3.39. The first-order chi connectivity index (χ1) is 9.07. The maximum absolute atomic E-state index is 12.1. The molecule has 0 aliphatic carbocycles. The van der Waals surface area contributed by atoms with E-state index in [-0.39, 0.29) is 11.8 Å². The van der Waals surface area contributed by atoms with Gasteiger partial charge >= 0.3 is 5.97 Å². The molecule has 19 heavy (non-hydrogen) atoms. The number of ketones is 1. The number of hydrogen-bond donors (Lipinski definition) is 1. The van der Waals surface area contributed by atoms with E-state index < -0.39 is 5.54 Å². The summed E-state index contributed by atoms with van der Waals surface area (Å²) in [6.07, 6.45) is 2.49. The van der Waals surface area contributed by atoms with Crippen LogP contribution < -0.4 is 5.32 Å². The van der Waals surface area contributed by atoms with Gasteiger partial charge in [0.1, 0.15) is 5.54 Å². The number of carbonyl (C=O) groups excluding carboxylic acids is 2. The molecule has 1 aliphatic heterocycles. The topological polar surface area (TPSA) is 55.4 Å². The van der Waals surface area contributed by atoms with Crippen LogP contribution in [0.25, 0.3) is 0 Å². The molecule has 1 aromatic carbocycles. The lowest BCUT2D eigenvalue weighted by atomic mass is 9.86. The Labute approximate surface area is 112 Å². The lowest BCUT2D eigenvalue weighted by molar-refractivity contribution is -0.147. The second-order valence-electron chi connectivity index (χ2n) is 4.78. The van der Waals surface area contributed by atoms with Crippen molar-refractivity contribution in [3.8, 4) is 0 Å². The summed E-state index contributed by atoms with van der Waals surface area (Å²) in [5, 5.41) is 3.04. The van der Waals surface area contributed by atoms with Gasteiger partial charge in [0.2, 0.25) is 0 Å².